The minimum Gasteiger partial charge on any atom is -0.488 e. The Morgan fingerprint density at radius 2 is 1.51 bits per heavy atom. The van der Waals surface area contributed by atoms with Crippen LogP contribution in [0.5, 0.6) is 11.5 Å². The molecule has 0 saturated heterocycles. The molecule has 0 spiro atoms. The molecule has 5 nitrogen and oxygen atoms in total. The van der Waals surface area contributed by atoms with E-state index in [0.717, 1.165) is 22.3 Å². The van der Waals surface area contributed by atoms with Crippen molar-refractivity contribution < 1.29 is 23.8 Å². The van der Waals surface area contributed by atoms with Crippen molar-refractivity contribution in [3.8, 4) is 22.6 Å². The third-order valence-electron chi connectivity index (χ3n) is 5.68. The highest BCUT2D eigenvalue weighted by molar-refractivity contribution is 6.37. The van der Waals surface area contributed by atoms with Crippen LogP contribution in [0.4, 0.5) is 4.39 Å². The molecule has 0 radical (unpaired) electrons. The van der Waals surface area contributed by atoms with E-state index in [0.29, 0.717) is 11.3 Å². The molecule has 1 atom stereocenters. The van der Waals surface area contributed by atoms with Gasteiger partial charge in [0.15, 0.2) is 5.75 Å². The Labute approximate surface area is 224 Å². The number of carboxylic acids is 1. The van der Waals surface area contributed by atoms with E-state index in [1.807, 2.05) is 48.5 Å². The Morgan fingerprint density at radius 3 is 2.16 bits per heavy atom. The lowest BCUT2D eigenvalue weighted by molar-refractivity contribution is -0.138. The molecule has 4 aromatic carbocycles. The second kappa shape index (κ2) is 12.1. The SMILES string of the molecule is N[C@@H](Cc1cc(Cl)c(OCc2cc(-c3ccccc3)ccc2OCc2ccc(F)cc2)c(Cl)c1)C(=O)O. The average molecular weight is 540 g/mol. The van der Waals surface area contributed by atoms with E-state index in [2.05, 4.69) is 0 Å². The third-order valence-corrected chi connectivity index (χ3v) is 6.24. The van der Waals surface area contributed by atoms with Crippen molar-refractivity contribution in [2.45, 2.75) is 25.7 Å². The van der Waals surface area contributed by atoms with Gasteiger partial charge >= 0.3 is 5.97 Å². The summed E-state index contributed by atoms with van der Waals surface area (Å²) in [6.07, 6.45) is 0.0789. The Hall–Kier alpha value is -3.58. The predicted molar refractivity (Wildman–Crippen MR) is 143 cm³/mol. The van der Waals surface area contributed by atoms with Crippen molar-refractivity contribution >= 4 is 29.2 Å². The average Bonchev–Trinajstić information content (AvgIpc) is 2.88. The molecule has 0 aliphatic heterocycles. The summed E-state index contributed by atoms with van der Waals surface area (Å²) in [4.78, 5) is 11.1. The molecular weight excluding hydrogens is 516 g/mol. The topological polar surface area (TPSA) is 81.8 Å². The number of rotatable bonds is 10. The van der Waals surface area contributed by atoms with Gasteiger partial charge in [0.05, 0.1) is 10.0 Å². The van der Waals surface area contributed by atoms with E-state index < -0.39 is 12.0 Å². The molecule has 0 saturated carbocycles. The monoisotopic (exact) mass is 539 g/mol. The van der Waals surface area contributed by atoms with Gasteiger partial charge in [-0.1, -0.05) is 71.7 Å². The summed E-state index contributed by atoms with van der Waals surface area (Å²) in [6.45, 7) is 0.352. The predicted octanol–water partition coefficient (Wildman–Crippen LogP) is 6.91. The van der Waals surface area contributed by atoms with Gasteiger partial charge in [0, 0.05) is 5.56 Å². The lowest BCUT2D eigenvalue weighted by Gasteiger charge is -2.16. The smallest absolute Gasteiger partial charge is 0.320 e. The number of carbonyl (C=O) groups is 1. The van der Waals surface area contributed by atoms with Gasteiger partial charge in [-0.2, -0.15) is 0 Å². The number of hydrogen-bond acceptors (Lipinski definition) is 4. The molecule has 3 N–H and O–H groups in total. The Balaban J connectivity index is 1.57. The van der Waals surface area contributed by atoms with E-state index >= 15 is 0 Å². The zero-order chi connectivity index (χ0) is 26.4. The molecule has 0 aliphatic carbocycles. The standard InChI is InChI=1S/C29H24Cl2FNO4/c30-24-12-19(14-26(33)29(34)35)13-25(31)28(24)37-17-22-15-21(20-4-2-1-3-5-20)8-11-27(22)36-16-18-6-9-23(32)10-7-18/h1-13,15,26H,14,16-17,33H2,(H,34,35)/t26-/m0/s1. The zero-order valence-electron chi connectivity index (χ0n) is 19.7. The second-order valence-electron chi connectivity index (χ2n) is 8.43. The molecule has 190 valence electrons. The van der Waals surface area contributed by atoms with Crippen LogP contribution in [0.1, 0.15) is 16.7 Å². The Bertz CT molecular complexity index is 1360. The van der Waals surface area contributed by atoms with Crippen molar-refractivity contribution in [2.75, 3.05) is 0 Å². The first-order valence-corrected chi connectivity index (χ1v) is 12.2. The van der Waals surface area contributed by atoms with Gasteiger partial charge in [-0.15, -0.1) is 0 Å². The number of hydrogen-bond donors (Lipinski definition) is 2. The van der Waals surface area contributed by atoms with Crippen LogP contribution in [0.2, 0.25) is 10.0 Å². The minimum atomic E-state index is -1.11. The molecule has 0 fully saturated rings. The van der Waals surface area contributed by atoms with Crippen LogP contribution >= 0.6 is 23.2 Å². The highest BCUT2D eigenvalue weighted by Gasteiger charge is 2.17. The van der Waals surface area contributed by atoms with E-state index in [4.69, 9.17) is 43.5 Å². The lowest BCUT2D eigenvalue weighted by atomic mass is 10.0. The normalized spacial score (nSPS) is 11.7. The van der Waals surface area contributed by atoms with Crippen LogP contribution in [0.15, 0.2) is 84.9 Å². The van der Waals surface area contributed by atoms with E-state index in [9.17, 15) is 9.18 Å². The maximum atomic E-state index is 13.3. The van der Waals surface area contributed by atoms with Crippen molar-refractivity contribution in [1.29, 1.82) is 0 Å². The van der Waals surface area contributed by atoms with Gasteiger partial charge in [0.2, 0.25) is 0 Å². The number of aliphatic carboxylic acids is 1. The molecule has 0 heterocycles. The molecule has 0 amide bonds. The van der Waals surface area contributed by atoms with Crippen molar-refractivity contribution in [3.05, 3.63) is 117 Å². The summed E-state index contributed by atoms with van der Waals surface area (Å²) in [5.41, 5.74) is 9.80. The van der Waals surface area contributed by atoms with Crippen molar-refractivity contribution in [1.82, 2.24) is 0 Å². The summed E-state index contributed by atoms with van der Waals surface area (Å²) in [5, 5.41) is 9.55. The zero-order valence-corrected chi connectivity index (χ0v) is 21.2. The van der Waals surface area contributed by atoms with E-state index in [-0.39, 0.29) is 41.2 Å². The van der Waals surface area contributed by atoms with Crippen LogP contribution in [0.25, 0.3) is 11.1 Å². The summed E-state index contributed by atoms with van der Waals surface area (Å²) in [6, 6.07) is 23.9. The first kappa shape index (κ1) is 26.5. The number of benzene rings is 4. The largest absolute Gasteiger partial charge is 0.488 e. The highest BCUT2D eigenvalue weighted by atomic mass is 35.5. The second-order valence-corrected chi connectivity index (χ2v) is 9.24. The summed E-state index contributed by atoms with van der Waals surface area (Å²) in [7, 11) is 0. The fourth-order valence-corrected chi connectivity index (χ4v) is 4.39. The molecule has 37 heavy (non-hydrogen) atoms. The first-order valence-electron chi connectivity index (χ1n) is 11.4. The molecule has 4 rings (SSSR count). The Morgan fingerprint density at radius 1 is 0.838 bits per heavy atom. The first-order chi connectivity index (χ1) is 17.8. The highest BCUT2D eigenvalue weighted by Crippen LogP contribution is 2.36. The van der Waals surface area contributed by atoms with E-state index in [1.165, 1.54) is 12.1 Å². The van der Waals surface area contributed by atoms with Gasteiger partial charge in [-0.3, -0.25) is 4.79 Å². The van der Waals surface area contributed by atoms with Gasteiger partial charge < -0.3 is 20.3 Å². The molecule has 0 aliphatic rings. The van der Waals surface area contributed by atoms with Gasteiger partial charge in [-0.25, -0.2) is 4.39 Å². The number of carboxylic acid groups (broad SMARTS) is 1. The molecule has 4 aromatic rings. The van der Waals surface area contributed by atoms with Crippen LogP contribution in [-0.4, -0.2) is 17.1 Å². The van der Waals surface area contributed by atoms with E-state index in [1.54, 1.807) is 24.3 Å². The molecule has 8 heteroatoms. The van der Waals surface area contributed by atoms with Gasteiger partial charge in [0.1, 0.15) is 30.8 Å². The van der Waals surface area contributed by atoms with Crippen LogP contribution < -0.4 is 15.2 Å². The quantitative estimate of drug-likeness (QED) is 0.228. The van der Waals surface area contributed by atoms with Crippen molar-refractivity contribution in [3.63, 3.8) is 0 Å². The summed E-state index contributed by atoms with van der Waals surface area (Å²) < 4.78 is 25.3. The number of ether oxygens (including phenoxy) is 2. The van der Waals surface area contributed by atoms with Crippen LogP contribution in [0, 0.1) is 5.82 Å². The number of nitrogens with two attached hydrogens (primary N) is 1. The molecule has 0 aromatic heterocycles. The van der Waals surface area contributed by atoms with Crippen LogP contribution in [0.3, 0.4) is 0 Å². The fraction of sp³-hybridized carbons (Fsp3) is 0.138. The fourth-order valence-electron chi connectivity index (χ4n) is 3.74. The van der Waals surface area contributed by atoms with Crippen molar-refractivity contribution in [2.24, 2.45) is 5.73 Å². The van der Waals surface area contributed by atoms with Gasteiger partial charge in [0.25, 0.3) is 0 Å². The number of halogens is 3. The maximum absolute atomic E-state index is 13.3. The molecule has 0 unspecified atom stereocenters. The lowest BCUT2D eigenvalue weighted by Crippen LogP contribution is -2.32. The Kier molecular flexibility index (Phi) is 8.66. The third kappa shape index (κ3) is 7.01. The van der Waals surface area contributed by atoms with Crippen LogP contribution in [-0.2, 0) is 24.4 Å². The summed E-state index contributed by atoms with van der Waals surface area (Å²) >= 11 is 12.9. The maximum Gasteiger partial charge on any atom is 0.320 e. The van der Waals surface area contributed by atoms with Gasteiger partial charge in [-0.05, 0) is 65.1 Å². The minimum absolute atomic E-state index is 0.0789. The molecule has 0 bridgehead atoms. The summed E-state index contributed by atoms with van der Waals surface area (Å²) in [5.74, 6) is -0.556. The molecular formula is C29H24Cl2FNO4.